The van der Waals surface area contributed by atoms with Gasteiger partial charge in [-0.25, -0.2) is 4.79 Å². The van der Waals surface area contributed by atoms with Crippen molar-refractivity contribution in [1.29, 1.82) is 0 Å². The van der Waals surface area contributed by atoms with E-state index in [9.17, 15) is 9.59 Å². The number of nitrogens with one attached hydrogen (secondary N) is 1. The summed E-state index contributed by atoms with van der Waals surface area (Å²) in [5, 5.41) is 12.7. The van der Waals surface area contributed by atoms with Crippen LogP contribution in [0, 0.1) is 11.8 Å². The molecule has 1 fully saturated rings. The van der Waals surface area contributed by atoms with Crippen LogP contribution in [0.3, 0.4) is 0 Å². The van der Waals surface area contributed by atoms with Crippen molar-refractivity contribution in [3.05, 3.63) is 59.7 Å². The molecule has 1 aliphatic carbocycles. The molecule has 27 heavy (non-hydrogen) atoms. The second-order valence-corrected chi connectivity index (χ2v) is 7.64. The van der Waals surface area contributed by atoms with Gasteiger partial charge in [0.1, 0.15) is 0 Å². The van der Waals surface area contributed by atoms with E-state index in [2.05, 4.69) is 18.3 Å². The Hall–Kier alpha value is -2.82. The Morgan fingerprint density at radius 1 is 1.07 bits per heavy atom. The molecular weight excluding hydrogens is 340 g/mol. The van der Waals surface area contributed by atoms with Crippen LogP contribution in [0.2, 0.25) is 0 Å². The van der Waals surface area contributed by atoms with Crippen molar-refractivity contribution in [3.8, 4) is 0 Å². The number of carboxylic acid groups (broad SMARTS) is 1. The lowest BCUT2D eigenvalue weighted by Gasteiger charge is -2.46. The van der Waals surface area contributed by atoms with E-state index in [1.54, 1.807) is 19.1 Å². The molecular formula is C22H24N2O3. The van der Waals surface area contributed by atoms with Gasteiger partial charge in [0.2, 0.25) is 5.91 Å². The Labute approximate surface area is 159 Å². The molecule has 0 aromatic heterocycles. The van der Waals surface area contributed by atoms with Crippen LogP contribution in [-0.2, 0) is 4.79 Å². The first-order valence-electron chi connectivity index (χ1n) is 9.46. The number of hydrogen-bond donors (Lipinski definition) is 2. The molecule has 0 radical (unpaired) electrons. The van der Waals surface area contributed by atoms with Gasteiger partial charge in [0.05, 0.1) is 11.6 Å². The predicted molar refractivity (Wildman–Crippen MR) is 105 cm³/mol. The summed E-state index contributed by atoms with van der Waals surface area (Å²) in [4.78, 5) is 25.5. The van der Waals surface area contributed by atoms with Crippen LogP contribution in [0.1, 0.15) is 48.7 Å². The minimum atomic E-state index is -0.927. The second-order valence-electron chi connectivity index (χ2n) is 7.64. The van der Waals surface area contributed by atoms with E-state index in [0.29, 0.717) is 5.92 Å². The molecule has 3 atom stereocenters. The van der Waals surface area contributed by atoms with E-state index in [4.69, 9.17) is 5.11 Å². The highest BCUT2D eigenvalue weighted by Gasteiger charge is 2.47. The maximum atomic E-state index is 12.5. The number of carboxylic acids is 1. The molecule has 5 nitrogen and oxygen atoms in total. The summed E-state index contributed by atoms with van der Waals surface area (Å²) in [5.41, 5.74) is 3.26. The van der Waals surface area contributed by atoms with Gasteiger partial charge in [0.15, 0.2) is 0 Å². The number of benzene rings is 2. The van der Waals surface area contributed by atoms with Gasteiger partial charge >= 0.3 is 5.97 Å². The van der Waals surface area contributed by atoms with Crippen molar-refractivity contribution in [2.24, 2.45) is 11.8 Å². The molecule has 140 valence electrons. The average Bonchev–Trinajstić information content (AvgIpc) is 3.48. The Morgan fingerprint density at radius 3 is 2.33 bits per heavy atom. The summed E-state index contributed by atoms with van der Waals surface area (Å²) in [6.45, 7) is 3.86. The summed E-state index contributed by atoms with van der Waals surface area (Å²) in [7, 11) is 0. The third-order valence-electron chi connectivity index (χ3n) is 5.79. The monoisotopic (exact) mass is 364 g/mol. The van der Waals surface area contributed by atoms with Gasteiger partial charge < -0.3 is 15.3 Å². The first kappa shape index (κ1) is 17.6. The lowest BCUT2D eigenvalue weighted by atomic mass is 9.80. The molecule has 0 bridgehead atoms. The highest BCUT2D eigenvalue weighted by Crippen LogP contribution is 2.49. The number of aromatic carboxylic acids is 1. The van der Waals surface area contributed by atoms with Crippen LogP contribution in [-0.4, -0.2) is 23.0 Å². The van der Waals surface area contributed by atoms with Crippen LogP contribution in [0.4, 0.5) is 11.4 Å². The molecule has 4 rings (SSSR count). The molecule has 2 aromatic carbocycles. The largest absolute Gasteiger partial charge is 0.478 e. The number of hydrogen-bond acceptors (Lipinski definition) is 3. The fraction of sp³-hybridized carbons (Fsp3) is 0.364. The van der Waals surface area contributed by atoms with Gasteiger partial charge in [-0.05, 0) is 54.7 Å². The Balaban J connectivity index is 1.71. The number of carbonyl (C=O) groups excluding carboxylic acids is 1. The lowest BCUT2D eigenvalue weighted by molar-refractivity contribution is -0.117. The standard InChI is InChI=1S/C22H24N2O3/c1-13-20(23-17-11-9-16(10-12-17)22(26)27)18-5-3-4-6-19(18)24(14(2)25)21(13)15-7-8-15/h3-6,9-13,15,20-21,23H,7-8H2,1-2H3,(H,26,27)/t13-,20-,21-/m1/s1. The maximum absolute atomic E-state index is 12.5. The zero-order valence-electron chi connectivity index (χ0n) is 15.6. The van der Waals surface area contributed by atoms with E-state index >= 15 is 0 Å². The van der Waals surface area contributed by atoms with Crippen LogP contribution in [0.25, 0.3) is 0 Å². The first-order chi connectivity index (χ1) is 13.0. The van der Waals surface area contributed by atoms with Gasteiger partial charge in [-0.15, -0.1) is 0 Å². The predicted octanol–water partition coefficient (Wildman–Crippen LogP) is 4.32. The van der Waals surface area contributed by atoms with Crippen molar-refractivity contribution in [1.82, 2.24) is 0 Å². The minimum absolute atomic E-state index is 0.0677. The molecule has 1 amide bonds. The normalized spacial score (nSPS) is 24.2. The summed E-state index contributed by atoms with van der Waals surface area (Å²) < 4.78 is 0. The lowest BCUT2D eigenvalue weighted by Crippen LogP contribution is -2.51. The minimum Gasteiger partial charge on any atom is -0.478 e. The first-order valence-corrected chi connectivity index (χ1v) is 9.46. The van der Waals surface area contributed by atoms with Gasteiger partial charge in [-0.1, -0.05) is 25.1 Å². The van der Waals surface area contributed by atoms with E-state index in [-0.39, 0.29) is 29.5 Å². The fourth-order valence-electron chi connectivity index (χ4n) is 4.40. The Kier molecular flexibility index (Phi) is 4.38. The summed E-state index contributed by atoms with van der Waals surface area (Å²) in [6, 6.07) is 15.2. The molecule has 1 aliphatic heterocycles. The third-order valence-corrected chi connectivity index (χ3v) is 5.79. The third kappa shape index (κ3) is 3.18. The number of rotatable bonds is 4. The van der Waals surface area contributed by atoms with Crippen molar-refractivity contribution in [2.75, 3.05) is 10.2 Å². The van der Waals surface area contributed by atoms with E-state index < -0.39 is 5.97 Å². The second kappa shape index (κ2) is 6.72. The highest BCUT2D eigenvalue weighted by molar-refractivity contribution is 5.94. The SMILES string of the molecule is CC(=O)N1c2ccccc2[C@H](Nc2ccc(C(=O)O)cc2)[C@@H](C)[C@@H]1C1CC1. The van der Waals surface area contributed by atoms with E-state index in [0.717, 1.165) is 16.9 Å². The molecule has 0 unspecified atom stereocenters. The molecule has 1 heterocycles. The van der Waals surface area contributed by atoms with Crippen LogP contribution in [0.15, 0.2) is 48.5 Å². The number of anilines is 2. The molecule has 2 N–H and O–H groups in total. The highest BCUT2D eigenvalue weighted by atomic mass is 16.4. The van der Waals surface area contributed by atoms with Gasteiger partial charge in [-0.2, -0.15) is 0 Å². The zero-order valence-corrected chi connectivity index (χ0v) is 15.6. The molecule has 0 spiro atoms. The average molecular weight is 364 g/mol. The summed E-state index contributed by atoms with van der Waals surface area (Å²) in [6.07, 6.45) is 2.34. The fourth-order valence-corrected chi connectivity index (χ4v) is 4.40. The molecule has 1 saturated carbocycles. The number of carbonyl (C=O) groups is 2. The van der Waals surface area contributed by atoms with E-state index in [1.807, 2.05) is 35.2 Å². The number of fused-ring (bicyclic) bond motifs is 1. The van der Waals surface area contributed by atoms with Gasteiger partial charge in [0, 0.05) is 30.3 Å². The maximum Gasteiger partial charge on any atom is 0.335 e. The van der Waals surface area contributed by atoms with Crippen molar-refractivity contribution >= 4 is 23.3 Å². The molecule has 2 aliphatic rings. The number of para-hydroxylation sites is 1. The van der Waals surface area contributed by atoms with E-state index in [1.165, 1.54) is 12.8 Å². The molecule has 5 heteroatoms. The van der Waals surface area contributed by atoms with Crippen molar-refractivity contribution in [2.45, 2.75) is 38.8 Å². The van der Waals surface area contributed by atoms with Crippen molar-refractivity contribution < 1.29 is 14.7 Å². The number of nitrogens with zero attached hydrogens (tertiary/aromatic N) is 1. The quantitative estimate of drug-likeness (QED) is 0.848. The topological polar surface area (TPSA) is 69.6 Å². The van der Waals surface area contributed by atoms with Gasteiger partial charge in [0.25, 0.3) is 0 Å². The van der Waals surface area contributed by atoms with Crippen LogP contribution < -0.4 is 10.2 Å². The smallest absolute Gasteiger partial charge is 0.335 e. The summed E-state index contributed by atoms with van der Waals surface area (Å²) >= 11 is 0. The van der Waals surface area contributed by atoms with Gasteiger partial charge in [-0.3, -0.25) is 4.79 Å². The van der Waals surface area contributed by atoms with Crippen LogP contribution in [0.5, 0.6) is 0 Å². The Morgan fingerprint density at radius 2 is 1.74 bits per heavy atom. The summed E-state index contributed by atoms with van der Waals surface area (Å²) in [5.74, 6) is -0.0364. The van der Waals surface area contributed by atoms with Crippen LogP contribution >= 0.6 is 0 Å². The zero-order chi connectivity index (χ0) is 19.1. The number of amides is 1. The Bertz CT molecular complexity index is 873. The molecule has 0 saturated heterocycles. The van der Waals surface area contributed by atoms with Crippen molar-refractivity contribution in [3.63, 3.8) is 0 Å². The molecule has 2 aromatic rings.